The third-order valence-corrected chi connectivity index (χ3v) is 1.86. The zero-order valence-corrected chi connectivity index (χ0v) is 7.91. The standard InChI is InChI=1S/C8H12N2O4/c1-10-4-3-9-7(10)5(11)6(12)8(13)14-2/h3-6,11-12H,1-2H3. The molecule has 0 aliphatic rings. The molecule has 0 spiro atoms. The van der Waals surface area contributed by atoms with Gasteiger partial charge in [0.1, 0.15) is 11.9 Å². The lowest BCUT2D eigenvalue weighted by atomic mass is 10.2. The number of esters is 1. The van der Waals surface area contributed by atoms with Gasteiger partial charge in [-0.1, -0.05) is 0 Å². The highest BCUT2D eigenvalue weighted by molar-refractivity contribution is 5.75. The molecule has 14 heavy (non-hydrogen) atoms. The average molecular weight is 200 g/mol. The molecule has 6 nitrogen and oxygen atoms in total. The first-order valence-corrected chi connectivity index (χ1v) is 3.99. The third-order valence-electron chi connectivity index (χ3n) is 1.86. The second-order valence-corrected chi connectivity index (χ2v) is 2.81. The number of carbonyl (C=O) groups is 1. The molecule has 2 unspecified atom stereocenters. The molecular weight excluding hydrogens is 188 g/mol. The highest BCUT2D eigenvalue weighted by Gasteiger charge is 2.28. The summed E-state index contributed by atoms with van der Waals surface area (Å²) in [6, 6.07) is 0. The third kappa shape index (κ3) is 1.91. The number of rotatable bonds is 3. The van der Waals surface area contributed by atoms with Gasteiger partial charge < -0.3 is 19.5 Å². The molecule has 2 N–H and O–H groups in total. The molecule has 1 aromatic heterocycles. The first kappa shape index (κ1) is 10.7. The van der Waals surface area contributed by atoms with Crippen LogP contribution >= 0.6 is 0 Å². The highest BCUT2D eigenvalue weighted by atomic mass is 16.5. The van der Waals surface area contributed by atoms with Gasteiger partial charge in [-0.25, -0.2) is 9.78 Å². The first-order chi connectivity index (χ1) is 6.57. The van der Waals surface area contributed by atoms with Crippen LogP contribution in [0.5, 0.6) is 0 Å². The molecular formula is C8H12N2O4. The molecule has 0 saturated carbocycles. The molecule has 0 amide bonds. The van der Waals surface area contributed by atoms with Crippen LogP contribution in [0.2, 0.25) is 0 Å². The number of aryl methyl sites for hydroxylation is 1. The van der Waals surface area contributed by atoms with Gasteiger partial charge in [0.25, 0.3) is 0 Å². The summed E-state index contributed by atoms with van der Waals surface area (Å²) in [7, 11) is 2.78. The molecule has 0 aromatic carbocycles. The predicted molar refractivity (Wildman–Crippen MR) is 46.2 cm³/mol. The Labute approximate surface area is 80.8 Å². The van der Waals surface area contributed by atoms with E-state index in [9.17, 15) is 15.0 Å². The highest BCUT2D eigenvalue weighted by Crippen LogP contribution is 2.14. The number of hydrogen-bond acceptors (Lipinski definition) is 5. The average Bonchev–Trinajstić information content (AvgIpc) is 2.61. The van der Waals surface area contributed by atoms with Crippen LogP contribution in [0, 0.1) is 0 Å². The Morgan fingerprint density at radius 1 is 1.64 bits per heavy atom. The number of imidazole rings is 1. The Hall–Kier alpha value is -1.40. The number of hydrogen-bond donors (Lipinski definition) is 2. The Morgan fingerprint density at radius 3 is 2.71 bits per heavy atom. The molecule has 0 aliphatic heterocycles. The molecule has 0 fully saturated rings. The summed E-state index contributed by atoms with van der Waals surface area (Å²) in [5, 5.41) is 18.8. The van der Waals surface area contributed by atoms with Gasteiger partial charge in [-0.15, -0.1) is 0 Å². The number of aliphatic hydroxyl groups excluding tert-OH is 2. The SMILES string of the molecule is COC(=O)C(O)C(O)c1nccn1C. The molecule has 0 saturated heterocycles. The molecule has 1 heterocycles. The molecule has 2 atom stereocenters. The second kappa shape index (κ2) is 4.21. The van der Waals surface area contributed by atoms with Crippen molar-refractivity contribution >= 4 is 5.97 Å². The van der Waals surface area contributed by atoms with E-state index in [2.05, 4.69) is 9.72 Å². The fraction of sp³-hybridized carbons (Fsp3) is 0.500. The Morgan fingerprint density at radius 2 is 2.29 bits per heavy atom. The van der Waals surface area contributed by atoms with Crippen molar-refractivity contribution in [1.82, 2.24) is 9.55 Å². The summed E-state index contributed by atoms with van der Waals surface area (Å²) >= 11 is 0. The second-order valence-electron chi connectivity index (χ2n) is 2.81. The van der Waals surface area contributed by atoms with Crippen molar-refractivity contribution in [2.45, 2.75) is 12.2 Å². The minimum absolute atomic E-state index is 0.211. The lowest BCUT2D eigenvalue weighted by Gasteiger charge is -2.14. The van der Waals surface area contributed by atoms with Crippen LogP contribution in [0.3, 0.4) is 0 Å². The van der Waals surface area contributed by atoms with E-state index in [1.54, 1.807) is 13.2 Å². The lowest BCUT2D eigenvalue weighted by Crippen LogP contribution is -2.30. The molecule has 0 bridgehead atoms. The summed E-state index contributed by atoms with van der Waals surface area (Å²) in [6.45, 7) is 0. The van der Waals surface area contributed by atoms with Crippen LogP contribution in [0.25, 0.3) is 0 Å². The maximum Gasteiger partial charge on any atom is 0.337 e. The Bertz CT molecular complexity index is 323. The van der Waals surface area contributed by atoms with Crippen molar-refractivity contribution < 1.29 is 19.7 Å². The fourth-order valence-corrected chi connectivity index (χ4v) is 1.05. The zero-order chi connectivity index (χ0) is 10.7. The summed E-state index contributed by atoms with van der Waals surface area (Å²) in [4.78, 5) is 14.7. The van der Waals surface area contributed by atoms with Crippen molar-refractivity contribution in [3.05, 3.63) is 18.2 Å². The number of aromatic nitrogens is 2. The normalized spacial score (nSPS) is 14.9. The van der Waals surface area contributed by atoms with Crippen LogP contribution in [-0.4, -0.2) is 38.9 Å². The van der Waals surface area contributed by atoms with Gasteiger partial charge in [0.2, 0.25) is 0 Å². The minimum Gasteiger partial charge on any atom is -0.467 e. The van der Waals surface area contributed by atoms with E-state index >= 15 is 0 Å². The fourth-order valence-electron chi connectivity index (χ4n) is 1.05. The summed E-state index contributed by atoms with van der Waals surface area (Å²) < 4.78 is 5.80. The number of carbonyl (C=O) groups excluding carboxylic acids is 1. The van der Waals surface area contributed by atoms with E-state index in [4.69, 9.17) is 0 Å². The molecule has 0 aliphatic carbocycles. The minimum atomic E-state index is -1.61. The van der Waals surface area contributed by atoms with Crippen LogP contribution in [-0.2, 0) is 16.6 Å². The number of ether oxygens (including phenoxy) is 1. The molecule has 1 aromatic rings. The van der Waals surface area contributed by atoms with Crippen LogP contribution in [0.4, 0.5) is 0 Å². The lowest BCUT2D eigenvalue weighted by molar-refractivity contribution is -0.157. The van der Waals surface area contributed by atoms with E-state index in [1.165, 1.54) is 10.8 Å². The van der Waals surface area contributed by atoms with E-state index in [0.717, 1.165) is 7.11 Å². The number of nitrogens with zero attached hydrogens (tertiary/aromatic N) is 2. The van der Waals surface area contributed by atoms with Crippen LogP contribution in [0.15, 0.2) is 12.4 Å². The van der Waals surface area contributed by atoms with E-state index in [0.29, 0.717) is 0 Å². The van der Waals surface area contributed by atoms with Crippen LogP contribution < -0.4 is 0 Å². The van der Waals surface area contributed by atoms with Crippen molar-refractivity contribution in [1.29, 1.82) is 0 Å². The molecule has 0 radical (unpaired) electrons. The Kier molecular flexibility index (Phi) is 3.21. The quantitative estimate of drug-likeness (QED) is 0.610. The molecule has 6 heteroatoms. The first-order valence-electron chi connectivity index (χ1n) is 3.99. The largest absolute Gasteiger partial charge is 0.467 e. The topological polar surface area (TPSA) is 84.6 Å². The van der Waals surface area contributed by atoms with Gasteiger partial charge in [-0.05, 0) is 0 Å². The summed E-state index contributed by atoms with van der Waals surface area (Å²) in [5.41, 5.74) is 0. The molecule has 78 valence electrons. The van der Waals surface area contributed by atoms with Gasteiger partial charge in [-0.2, -0.15) is 0 Å². The maximum atomic E-state index is 10.9. The van der Waals surface area contributed by atoms with Gasteiger partial charge in [-0.3, -0.25) is 0 Å². The Balaban J connectivity index is 2.80. The van der Waals surface area contributed by atoms with Gasteiger partial charge in [0.15, 0.2) is 6.10 Å². The smallest absolute Gasteiger partial charge is 0.337 e. The summed E-state index contributed by atoms with van der Waals surface area (Å²) in [5.74, 6) is -0.677. The maximum absolute atomic E-state index is 10.9. The number of methoxy groups -OCH3 is 1. The number of aliphatic hydroxyl groups is 2. The van der Waals surface area contributed by atoms with E-state index in [1.807, 2.05) is 0 Å². The van der Waals surface area contributed by atoms with Gasteiger partial charge in [0, 0.05) is 19.4 Å². The van der Waals surface area contributed by atoms with Crippen molar-refractivity contribution in [2.75, 3.05) is 7.11 Å². The van der Waals surface area contributed by atoms with Crippen molar-refractivity contribution in [3.8, 4) is 0 Å². The van der Waals surface area contributed by atoms with Gasteiger partial charge in [0.05, 0.1) is 7.11 Å². The summed E-state index contributed by atoms with van der Waals surface area (Å²) in [6.07, 6.45) is 0.0778. The van der Waals surface area contributed by atoms with Crippen molar-refractivity contribution in [3.63, 3.8) is 0 Å². The van der Waals surface area contributed by atoms with Gasteiger partial charge >= 0.3 is 5.97 Å². The van der Waals surface area contributed by atoms with Crippen LogP contribution in [0.1, 0.15) is 11.9 Å². The van der Waals surface area contributed by atoms with Crippen molar-refractivity contribution in [2.24, 2.45) is 7.05 Å². The molecule has 1 rings (SSSR count). The van der Waals surface area contributed by atoms with E-state index < -0.39 is 18.2 Å². The zero-order valence-electron chi connectivity index (χ0n) is 7.91. The predicted octanol–water partition coefficient (Wildman–Crippen LogP) is -1.01. The monoisotopic (exact) mass is 200 g/mol. The van der Waals surface area contributed by atoms with E-state index in [-0.39, 0.29) is 5.82 Å².